The molecule has 6 heteroatoms. The Balaban J connectivity index is 1.60. The van der Waals surface area contributed by atoms with Crippen molar-refractivity contribution in [3.8, 4) is 0 Å². The van der Waals surface area contributed by atoms with Crippen LogP contribution in [0.2, 0.25) is 0 Å². The molecule has 134 valence electrons. The molecular weight excluding hydrogens is 334 g/mol. The molecule has 1 saturated heterocycles. The van der Waals surface area contributed by atoms with Crippen molar-refractivity contribution < 1.29 is 8.78 Å². The molecule has 3 heterocycles. The third kappa shape index (κ3) is 3.51. The number of rotatable bonds is 5. The Morgan fingerprint density at radius 1 is 1.04 bits per heavy atom. The topological polar surface area (TPSA) is 44.8 Å². The molecule has 0 radical (unpaired) electrons. The second kappa shape index (κ2) is 7.33. The minimum absolute atomic E-state index is 0.110. The Morgan fingerprint density at radius 2 is 1.77 bits per heavy atom. The molecule has 1 aromatic carbocycles. The van der Waals surface area contributed by atoms with Crippen molar-refractivity contribution in [3.05, 3.63) is 83.4 Å². The molecule has 0 bridgehead atoms. The number of likely N-dealkylation sites (tertiary alicyclic amines) is 1. The van der Waals surface area contributed by atoms with Gasteiger partial charge in [0.05, 0.1) is 0 Å². The van der Waals surface area contributed by atoms with Gasteiger partial charge in [0.15, 0.2) is 0 Å². The van der Waals surface area contributed by atoms with Crippen LogP contribution in [0.4, 0.5) is 8.78 Å². The highest BCUT2D eigenvalue weighted by molar-refractivity contribution is 5.29. The lowest BCUT2D eigenvalue weighted by Crippen LogP contribution is -2.20. The van der Waals surface area contributed by atoms with Gasteiger partial charge in [-0.3, -0.25) is 15.0 Å². The number of hydrogen-bond acceptors (Lipinski definition) is 3. The maximum atomic E-state index is 13.0. The van der Waals surface area contributed by atoms with Crippen molar-refractivity contribution in [1.82, 2.24) is 20.1 Å². The monoisotopic (exact) mass is 354 g/mol. The van der Waals surface area contributed by atoms with Gasteiger partial charge >= 0.3 is 0 Å². The molecule has 2 atom stereocenters. The number of aromatic nitrogens is 3. The summed E-state index contributed by atoms with van der Waals surface area (Å²) in [6.45, 7) is 2.49. The number of hydrogen-bond donors (Lipinski definition) is 1. The molecule has 0 aliphatic carbocycles. The largest absolute Gasteiger partial charge is 0.298 e. The Hall–Kier alpha value is -2.60. The van der Waals surface area contributed by atoms with E-state index in [4.69, 9.17) is 0 Å². The summed E-state index contributed by atoms with van der Waals surface area (Å²) in [6.07, 6.45) is 1.03. The van der Waals surface area contributed by atoms with Crippen molar-refractivity contribution in [1.29, 1.82) is 0 Å². The molecule has 0 spiro atoms. The molecule has 3 aromatic rings. The lowest BCUT2D eigenvalue weighted by Gasteiger charge is -2.17. The summed E-state index contributed by atoms with van der Waals surface area (Å²) < 4.78 is 25.9. The summed E-state index contributed by atoms with van der Waals surface area (Å²) in [7, 11) is 0. The number of benzene rings is 1. The van der Waals surface area contributed by atoms with Gasteiger partial charge in [0.2, 0.25) is 0 Å². The van der Waals surface area contributed by atoms with Crippen molar-refractivity contribution in [2.24, 2.45) is 0 Å². The first-order valence-corrected chi connectivity index (χ1v) is 8.70. The van der Waals surface area contributed by atoms with Gasteiger partial charge in [-0.05, 0) is 29.3 Å². The smallest absolute Gasteiger partial charge is 0.282 e. The van der Waals surface area contributed by atoms with Gasteiger partial charge in [-0.25, -0.2) is 8.78 Å². The van der Waals surface area contributed by atoms with Crippen LogP contribution in [-0.2, 0) is 6.54 Å². The standard InChI is InChI=1S/C20H20F2N4/c21-20(22)19-10-18(24-25-19)17-13-26(11-14-6-8-23-9-7-14)12-16(17)15-4-2-1-3-5-15/h1-10,16-17,20H,11-13H2,(H,24,25)/t16-,17+/m0/s1. The molecule has 0 saturated carbocycles. The third-order valence-electron chi connectivity index (χ3n) is 5.02. The third-order valence-corrected chi connectivity index (χ3v) is 5.02. The molecule has 0 amide bonds. The van der Waals surface area contributed by atoms with Gasteiger partial charge in [-0.1, -0.05) is 30.3 Å². The highest BCUT2D eigenvalue weighted by atomic mass is 19.3. The lowest BCUT2D eigenvalue weighted by atomic mass is 9.87. The van der Waals surface area contributed by atoms with Gasteiger partial charge in [-0.15, -0.1) is 0 Å². The van der Waals surface area contributed by atoms with Crippen LogP contribution in [-0.4, -0.2) is 33.2 Å². The van der Waals surface area contributed by atoms with E-state index in [2.05, 4.69) is 32.2 Å². The quantitative estimate of drug-likeness (QED) is 0.749. The van der Waals surface area contributed by atoms with E-state index in [0.717, 1.165) is 25.3 Å². The fraction of sp³-hybridized carbons (Fsp3) is 0.300. The highest BCUT2D eigenvalue weighted by Gasteiger charge is 2.36. The number of halogens is 2. The van der Waals surface area contributed by atoms with Crippen LogP contribution in [0.1, 0.15) is 40.8 Å². The van der Waals surface area contributed by atoms with E-state index in [-0.39, 0.29) is 17.5 Å². The van der Waals surface area contributed by atoms with Crippen LogP contribution in [0.25, 0.3) is 0 Å². The van der Waals surface area contributed by atoms with Crippen LogP contribution in [0, 0.1) is 0 Å². The lowest BCUT2D eigenvalue weighted by molar-refractivity contribution is 0.146. The Labute approximate surface area is 150 Å². The van der Waals surface area contributed by atoms with E-state index in [1.165, 1.54) is 17.2 Å². The van der Waals surface area contributed by atoms with E-state index in [1.807, 2.05) is 30.3 Å². The van der Waals surface area contributed by atoms with Crippen LogP contribution in [0.3, 0.4) is 0 Å². The van der Waals surface area contributed by atoms with Crippen LogP contribution in [0.15, 0.2) is 60.9 Å². The Morgan fingerprint density at radius 3 is 2.46 bits per heavy atom. The summed E-state index contributed by atoms with van der Waals surface area (Å²) in [5.74, 6) is 0.350. The first-order valence-electron chi connectivity index (χ1n) is 8.70. The minimum Gasteiger partial charge on any atom is -0.298 e. The first kappa shape index (κ1) is 16.8. The molecule has 0 unspecified atom stereocenters. The summed E-state index contributed by atoms with van der Waals surface area (Å²) >= 11 is 0. The van der Waals surface area contributed by atoms with Crippen LogP contribution >= 0.6 is 0 Å². The highest BCUT2D eigenvalue weighted by Crippen LogP contribution is 2.40. The van der Waals surface area contributed by atoms with E-state index >= 15 is 0 Å². The fourth-order valence-electron chi connectivity index (χ4n) is 3.77. The first-order chi connectivity index (χ1) is 12.7. The average molecular weight is 354 g/mol. The predicted molar refractivity (Wildman–Crippen MR) is 95.0 cm³/mol. The maximum absolute atomic E-state index is 13.0. The van der Waals surface area contributed by atoms with Gasteiger partial charge in [0, 0.05) is 49.6 Å². The van der Waals surface area contributed by atoms with E-state index in [1.54, 1.807) is 12.4 Å². The zero-order chi connectivity index (χ0) is 17.9. The molecule has 1 N–H and O–H groups in total. The summed E-state index contributed by atoms with van der Waals surface area (Å²) in [6, 6.07) is 15.8. The number of alkyl halides is 2. The second-order valence-corrected chi connectivity index (χ2v) is 6.72. The van der Waals surface area contributed by atoms with E-state index in [9.17, 15) is 8.78 Å². The number of nitrogens with one attached hydrogen (secondary N) is 1. The van der Waals surface area contributed by atoms with Gasteiger partial charge < -0.3 is 0 Å². The molecule has 4 nitrogen and oxygen atoms in total. The maximum Gasteiger partial charge on any atom is 0.282 e. The molecule has 4 rings (SSSR count). The molecule has 1 aliphatic rings. The molecule has 1 aliphatic heterocycles. The Bertz CT molecular complexity index is 835. The summed E-state index contributed by atoms with van der Waals surface area (Å²) in [4.78, 5) is 6.42. The molecular formula is C20H20F2N4. The predicted octanol–water partition coefficient (Wildman–Crippen LogP) is 4.13. The number of pyridine rings is 1. The van der Waals surface area contributed by atoms with Gasteiger partial charge in [0.1, 0.15) is 5.69 Å². The summed E-state index contributed by atoms with van der Waals surface area (Å²) in [5.41, 5.74) is 3.03. The van der Waals surface area contributed by atoms with Crippen LogP contribution < -0.4 is 0 Å². The SMILES string of the molecule is FC(F)c1cc([C@@H]2CN(Cc3ccncc3)C[C@H]2c2ccccc2)[nH]n1. The number of nitrogens with zero attached hydrogens (tertiary/aromatic N) is 3. The normalized spacial score (nSPS) is 20.7. The Kier molecular flexibility index (Phi) is 4.75. The molecule has 1 fully saturated rings. The van der Waals surface area contributed by atoms with E-state index < -0.39 is 6.43 Å². The number of aromatic amines is 1. The van der Waals surface area contributed by atoms with Gasteiger partial charge in [-0.2, -0.15) is 5.10 Å². The zero-order valence-corrected chi connectivity index (χ0v) is 14.2. The van der Waals surface area contributed by atoms with Crippen molar-refractivity contribution in [2.45, 2.75) is 24.8 Å². The molecule has 26 heavy (non-hydrogen) atoms. The van der Waals surface area contributed by atoms with Crippen molar-refractivity contribution >= 4 is 0 Å². The van der Waals surface area contributed by atoms with Crippen molar-refractivity contribution in [3.63, 3.8) is 0 Å². The number of H-pyrrole nitrogens is 1. The molecule has 2 aromatic heterocycles. The average Bonchev–Trinajstić information content (AvgIpc) is 3.30. The van der Waals surface area contributed by atoms with Crippen molar-refractivity contribution in [2.75, 3.05) is 13.1 Å². The van der Waals surface area contributed by atoms with Crippen LogP contribution in [0.5, 0.6) is 0 Å². The van der Waals surface area contributed by atoms with E-state index in [0.29, 0.717) is 0 Å². The second-order valence-electron chi connectivity index (χ2n) is 6.72. The fourth-order valence-corrected chi connectivity index (χ4v) is 3.77. The summed E-state index contributed by atoms with van der Waals surface area (Å²) in [5, 5.41) is 6.64. The van der Waals surface area contributed by atoms with Gasteiger partial charge in [0.25, 0.3) is 6.43 Å². The minimum atomic E-state index is -2.55. The zero-order valence-electron chi connectivity index (χ0n) is 14.2.